The minimum absolute atomic E-state index is 0.0455. The summed E-state index contributed by atoms with van der Waals surface area (Å²) in [6.07, 6.45) is 2.32. The number of rotatable bonds is 5. The molecule has 10 nitrogen and oxygen atoms in total. The topological polar surface area (TPSA) is 134 Å². The Bertz CT molecular complexity index is 1210. The number of fused-ring (bicyclic) bond motifs is 1. The maximum atomic E-state index is 12.4. The number of benzene rings is 2. The predicted molar refractivity (Wildman–Crippen MR) is 99.8 cm³/mol. The van der Waals surface area contributed by atoms with E-state index in [1.165, 1.54) is 30.5 Å². The van der Waals surface area contributed by atoms with Crippen molar-refractivity contribution in [3.8, 4) is 11.5 Å². The van der Waals surface area contributed by atoms with Crippen LogP contribution >= 0.6 is 0 Å². The molecule has 0 fully saturated rings. The second-order valence-corrected chi connectivity index (χ2v) is 6.06. The first-order valence-corrected chi connectivity index (χ1v) is 8.51. The molecule has 0 N–H and O–H groups in total. The molecular weight excluding hydrogens is 378 g/mol. The van der Waals surface area contributed by atoms with Crippen LogP contribution in [-0.4, -0.2) is 31.1 Å². The Morgan fingerprint density at radius 1 is 1.07 bits per heavy atom. The van der Waals surface area contributed by atoms with Gasteiger partial charge in [-0.2, -0.15) is 0 Å². The van der Waals surface area contributed by atoms with E-state index < -0.39 is 17.0 Å². The van der Waals surface area contributed by atoms with Crippen LogP contribution in [0.4, 0.5) is 5.69 Å². The van der Waals surface area contributed by atoms with Crippen LogP contribution in [0.15, 0.2) is 59.3 Å². The molecule has 0 unspecified atom stereocenters. The highest BCUT2D eigenvalue weighted by Gasteiger charge is 2.20. The Hall–Kier alpha value is -4.21. The highest BCUT2D eigenvalue weighted by atomic mass is 16.6. The average Bonchev–Trinajstić information content (AvgIpc) is 3.24. The van der Waals surface area contributed by atoms with Gasteiger partial charge in [-0.15, -0.1) is 10.2 Å². The van der Waals surface area contributed by atoms with E-state index in [4.69, 9.17) is 9.15 Å². The normalized spacial score (nSPS) is 11.9. The standard InChI is InChI=1S/C19H13N5O5/c1-11(28-19(25)13-4-7-15-16(10-13)21-9-8-20-15)17-22-23-18(29-17)12-2-5-14(6-3-12)24(26)27/h2-11H,1H3/t11-/m1/s1. The first-order chi connectivity index (χ1) is 14.0. The van der Waals surface area contributed by atoms with Crippen LogP contribution in [0, 0.1) is 10.1 Å². The van der Waals surface area contributed by atoms with Crippen molar-refractivity contribution in [2.24, 2.45) is 0 Å². The van der Waals surface area contributed by atoms with Crippen molar-refractivity contribution in [2.75, 3.05) is 0 Å². The number of carbonyl (C=O) groups excluding carboxylic acids is 1. The molecule has 0 spiro atoms. The van der Waals surface area contributed by atoms with Crippen LogP contribution in [0.1, 0.15) is 29.3 Å². The third-order valence-electron chi connectivity index (χ3n) is 4.10. The van der Waals surface area contributed by atoms with Gasteiger partial charge in [0.25, 0.3) is 11.6 Å². The van der Waals surface area contributed by atoms with Gasteiger partial charge in [0.1, 0.15) is 0 Å². The van der Waals surface area contributed by atoms with Gasteiger partial charge in [0.2, 0.25) is 5.89 Å². The molecule has 0 amide bonds. The zero-order valence-corrected chi connectivity index (χ0v) is 15.1. The van der Waals surface area contributed by atoms with Gasteiger partial charge in [-0.3, -0.25) is 20.1 Å². The number of carbonyl (C=O) groups is 1. The average molecular weight is 391 g/mol. The number of nitrogens with zero attached hydrogens (tertiary/aromatic N) is 5. The van der Waals surface area contributed by atoms with E-state index in [-0.39, 0.29) is 17.5 Å². The lowest BCUT2D eigenvalue weighted by molar-refractivity contribution is -0.384. The lowest BCUT2D eigenvalue weighted by Crippen LogP contribution is -2.09. The van der Waals surface area contributed by atoms with Crippen LogP contribution < -0.4 is 0 Å². The van der Waals surface area contributed by atoms with E-state index >= 15 is 0 Å². The minimum atomic E-state index is -0.792. The van der Waals surface area contributed by atoms with Gasteiger partial charge in [-0.05, 0) is 37.3 Å². The van der Waals surface area contributed by atoms with Crippen molar-refractivity contribution in [1.82, 2.24) is 20.2 Å². The number of nitro benzene ring substituents is 1. The molecule has 4 aromatic rings. The maximum absolute atomic E-state index is 12.4. The van der Waals surface area contributed by atoms with Crippen LogP contribution in [0.2, 0.25) is 0 Å². The van der Waals surface area contributed by atoms with E-state index in [1.54, 1.807) is 31.3 Å². The van der Waals surface area contributed by atoms with Gasteiger partial charge in [0.05, 0.1) is 21.5 Å². The number of esters is 1. The van der Waals surface area contributed by atoms with E-state index in [1.807, 2.05) is 0 Å². The first kappa shape index (κ1) is 18.2. The molecule has 29 heavy (non-hydrogen) atoms. The summed E-state index contributed by atoms with van der Waals surface area (Å²) in [5.74, 6) is -0.300. The van der Waals surface area contributed by atoms with Crippen LogP contribution in [0.5, 0.6) is 0 Å². The van der Waals surface area contributed by atoms with Crippen molar-refractivity contribution < 1.29 is 18.9 Å². The molecule has 0 saturated carbocycles. The number of hydrogen-bond acceptors (Lipinski definition) is 9. The molecule has 10 heteroatoms. The van der Waals surface area contributed by atoms with Gasteiger partial charge in [-0.1, -0.05) is 0 Å². The Morgan fingerprint density at radius 2 is 1.79 bits per heavy atom. The molecule has 0 saturated heterocycles. The molecule has 2 heterocycles. The molecular formula is C19H13N5O5. The summed E-state index contributed by atoms with van der Waals surface area (Å²) in [7, 11) is 0. The smallest absolute Gasteiger partial charge is 0.338 e. The Morgan fingerprint density at radius 3 is 2.52 bits per heavy atom. The second-order valence-electron chi connectivity index (χ2n) is 6.06. The summed E-state index contributed by atoms with van der Waals surface area (Å²) >= 11 is 0. The molecule has 0 radical (unpaired) electrons. The van der Waals surface area contributed by atoms with Crippen LogP contribution in [0.25, 0.3) is 22.5 Å². The van der Waals surface area contributed by atoms with E-state index in [2.05, 4.69) is 20.2 Å². The number of ether oxygens (including phenoxy) is 1. The van der Waals surface area contributed by atoms with E-state index in [9.17, 15) is 14.9 Å². The monoisotopic (exact) mass is 391 g/mol. The van der Waals surface area contributed by atoms with Crippen molar-refractivity contribution in [2.45, 2.75) is 13.0 Å². The summed E-state index contributed by atoms with van der Waals surface area (Å²) in [6, 6.07) is 10.6. The van der Waals surface area contributed by atoms with Gasteiger partial charge in [-0.25, -0.2) is 4.79 Å². The molecule has 144 valence electrons. The lowest BCUT2D eigenvalue weighted by atomic mass is 10.2. The van der Waals surface area contributed by atoms with E-state index in [0.717, 1.165) is 0 Å². The van der Waals surface area contributed by atoms with Gasteiger partial charge in [0, 0.05) is 30.1 Å². The second kappa shape index (κ2) is 7.43. The predicted octanol–water partition coefficient (Wildman–Crippen LogP) is 3.51. The molecule has 2 aromatic heterocycles. The summed E-state index contributed by atoms with van der Waals surface area (Å²) in [4.78, 5) is 31.0. The quantitative estimate of drug-likeness (QED) is 0.284. The van der Waals surface area contributed by atoms with Crippen LogP contribution in [-0.2, 0) is 4.74 Å². The first-order valence-electron chi connectivity index (χ1n) is 8.51. The Balaban J connectivity index is 1.48. The molecule has 0 aliphatic heterocycles. The molecule has 0 aliphatic rings. The summed E-state index contributed by atoms with van der Waals surface area (Å²) in [5, 5.41) is 18.5. The van der Waals surface area contributed by atoms with Crippen LogP contribution in [0.3, 0.4) is 0 Å². The number of hydrogen-bond donors (Lipinski definition) is 0. The highest BCUT2D eigenvalue weighted by Crippen LogP contribution is 2.25. The van der Waals surface area contributed by atoms with E-state index in [0.29, 0.717) is 22.2 Å². The largest absolute Gasteiger partial charge is 0.449 e. The molecule has 0 aliphatic carbocycles. The number of non-ortho nitro benzene ring substituents is 1. The van der Waals surface area contributed by atoms with Crippen molar-refractivity contribution >= 4 is 22.7 Å². The lowest BCUT2D eigenvalue weighted by Gasteiger charge is -2.09. The third-order valence-corrected chi connectivity index (χ3v) is 4.10. The minimum Gasteiger partial charge on any atom is -0.449 e. The van der Waals surface area contributed by atoms with Gasteiger partial charge >= 0.3 is 5.97 Å². The fraction of sp³-hybridized carbons (Fsp3) is 0.105. The number of aromatic nitrogens is 4. The molecule has 4 rings (SSSR count). The third kappa shape index (κ3) is 3.76. The molecule has 0 bridgehead atoms. The van der Waals surface area contributed by atoms with Gasteiger partial charge < -0.3 is 9.15 Å². The van der Waals surface area contributed by atoms with Crippen molar-refractivity contribution in [3.05, 3.63) is 76.4 Å². The Labute approximate surface area is 163 Å². The van der Waals surface area contributed by atoms with Gasteiger partial charge in [0.15, 0.2) is 6.10 Å². The summed E-state index contributed by atoms with van der Waals surface area (Å²) < 4.78 is 10.9. The maximum Gasteiger partial charge on any atom is 0.338 e. The fourth-order valence-electron chi connectivity index (χ4n) is 2.61. The summed E-state index contributed by atoms with van der Waals surface area (Å²) in [6.45, 7) is 1.60. The zero-order valence-electron chi connectivity index (χ0n) is 15.1. The zero-order chi connectivity index (χ0) is 20.4. The highest BCUT2D eigenvalue weighted by molar-refractivity contribution is 5.93. The molecule has 2 aromatic carbocycles. The Kier molecular flexibility index (Phi) is 4.65. The SMILES string of the molecule is C[C@@H](OC(=O)c1ccc2nccnc2c1)c1nnc(-c2ccc([N+](=O)[O-])cc2)o1. The summed E-state index contributed by atoms with van der Waals surface area (Å²) in [5.41, 5.74) is 2.03. The van der Waals surface area contributed by atoms with Crippen molar-refractivity contribution in [1.29, 1.82) is 0 Å². The number of nitro groups is 1. The fourth-order valence-corrected chi connectivity index (χ4v) is 2.61. The molecule has 1 atom stereocenters. The van der Waals surface area contributed by atoms with Crippen molar-refractivity contribution in [3.63, 3.8) is 0 Å².